The SMILES string of the molecule is CC.CNc1nc(-c2ccccc2C)cs1. The van der Waals surface area contributed by atoms with Crippen LogP contribution >= 0.6 is 11.3 Å². The third kappa shape index (κ3) is 2.83. The number of nitrogens with zero attached hydrogens (tertiary/aromatic N) is 1. The molecule has 0 spiro atoms. The van der Waals surface area contributed by atoms with Crippen molar-refractivity contribution in [2.24, 2.45) is 0 Å². The molecule has 3 heteroatoms. The predicted molar refractivity (Wildman–Crippen MR) is 73.2 cm³/mol. The fourth-order valence-electron chi connectivity index (χ4n) is 1.37. The summed E-state index contributed by atoms with van der Waals surface area (Å²) in [4.78, 5) is 4.47. The van der Waals surface area contributed by atoms with Crippen molar-refractivity contribution in [1.29, 1.82) is 0 Å². The molecule has 0 atom stereocenters. The molecular weight excluding hydrogens is 216 g/mol. The second-order valence-electron chi connectivity index (χ2n) is 3.10. The second-order valence-corrected chi connectivity index (χ2v) is 3.96. The Balaban J connectivity index is 0.000000606. The van der Waals surface area contributed by atoms with Gasteiger partial charge in [0.05, 0.1) is 5.69 Å². The first-order valence-corrected chi connectivity index (χ1v) is 6.38. The number of hydrogen-bond donors (Lipinski definition) is 1. The number of aromatic nitrogens is 1. The van der Waals surface area contributed by atoms with E-state index in [1.54, 1.807) is 11.3 Å². The van der Waals surface area contributed by atoms with Crippen LogP contribution in [0.1, 0.15) is 19.4 Å². The van der Waals surface area contributed by atoms with Crippen LogP contribution in [0.2, 0.25) is 0 Å². The number of aryl methyl sites for hydroxylation is 1. The fraction of sp³-hybridized carbons (Fsp3) is 0.308. The average Bonchev–Trinajstić information content (AvgIpc) is 2.81. The summed E-state index contributed by atoms with van der Waals surface area (Å²) in [5.74, 6) is 0. The highest BCUT2D eigenvalue weighted by Gasteiger charge is 2.04. The van der Waals surface area contributed by atoms with Crippen LogP contribution in [0.5, 0.6) is 0 Å². The van der Waals surface area contributed by atoms with E-state index in [0.29, 0.717) is 0 Å². The summed E-state index contributed by atoms with van der Waals surface area (Å²) < 4.78 is 0. The lowest BCUT2D eigenvalue weighted by Gasteiger charge is -2.00. The first kappa shape index (κ1) is 12.7. The standard InChI is InChI=1S/C11H12N2S.C2H6/c1-8-5-3-4-6-9(8)10-7-14-11(12-2)13-10;1-2/h3-7H,1-2H3,(H,12,13);1-2H3. The summed E-state index contributed by atoms with van der Waals surface area (Å²) in [5.41, 5.74) is 3.53. The van der Waals surface area contributed by atoms with Crippen molar-refractivity contribution in [3.63, 3.8) is 0 Å². The Morgan fingerprint density at radius 2 is 1.88 bits per heavy atom. The van der Waals surface area contributed by atoms with E-state index in [0.717, 1.165) is 10.8 Å². The van der Waals surface area contributed by atoms with E-state index in [-0.39, 0.29) is 0 Å². The molecule has 2 aromatic rings. The van der Waals surface area contributed by atoms with Crippen LogP contribution < -0.4 is 5.32 Å². The Hall–Kier alpha value is -1.35. The van der Waals surface area contributed by atoms with Crippen molar-refractivity contribution in [1.82, 2.24) is 4.98 Å². The highest BCUT2D eigenvalue weighted by molar-refractivity contribution is 7.14. The van der Waals surface area contributed by atoms with E-state index in [1.807, 2.05) is 33.0 Å². The van der Waals surface area contributed by atoms with Crippen molar-refractivity contribution in [3.05, 3.63) is 35.2 Å². The number of nitrogens with one attached hydrogen (secondary N) is 1. The smallest absolute Gasteiger partial charge is 0.182 e. The van der Waals surface area contributed by atoms with Gasteiger partial charge in [-0.3, -0.25) is 0 Å². The van der Waals surface area contributed by atoms with Crippen molar-refractivity contribution in [2.75, 3.05) is 12.4 Å². The molecule has 1 aromatic heterocycles. The summed E-state index contributed by atoms with van der Waals surface area (Å²) in [6.07, 6.45) is 0. The maximum atomic E-state index is 4.47. The molecule has 0 saturated heterocycles. The molecule has 0 bridgehead atoms. The van der Waals surface area contributed by atoms with Gasteiger partial charge in [0.1, 0.15) is 0 Å². The normalized spacial score (nSPS) is 9.25. The van der Waals surface area contributed by atoms with Crippen LogP contribution in [-0.2, 0) is 0 Å². The van der Waals surface area contributed by atoms with E-state index >= 15 is 0 Å². The highest BCUT2D eigenvalue weighted by atomic mass is 32.1. The molecule has 0 amide bonds. The molecule has 2 rings (SSSR count). The topological polar surface area (TPSA) is 24.9 Å². The van der Waals surface area contributed by atoms with Gasteiger partial charge < -0.3 is 5.32 Å². The molecule has 0 fully saturated rings. The molecule has 0 aliphatic heterocycles. The van der Waals surface area contributed by atoms with Crippen LogP contribution in [0.15, 0.2) is 29.6 Å². The largest absolute Gasteiger partial charge is 0.365 e. The third-order valence-corrected chi connectivity index (χ3v) is 3.00. The fourth-order valence-corrected chi connectivity index (χ4v) is 2.04. The van der Waals surface area contributed by atoms with Crippen molar-refractivity contribution < 1.29 is 0 Å². The van der Waals surface area contributed by atoms with Gasteiger partial charge in [-0.05, 0) is 12.5 Å². The van der Waals surface area contributed by atoms with Crippen molar-refractivity contribution in [3.8, 4) is 11.3 Å². The van der Waals surface area contributed by atoms with E-state index in [4.69, 9.17) is 0 Å². The summed E-state index contributed by atoms with van der Waals surface area (Å²) in [5, 5.41) is 6.08. The highest BCUT2D eigenvalue weighted by Crippen LogP contribution is 2.26. The molecule has 0 saturated carbocycles. The maximum Gasteiger partial charge on any atom is 0.182 e. The molecule has 16 heavy (non-hydrogen) atoms. The van der Waals surface area contributed by atoms with Crippen LogP contribution in [0.3, 0.4) is 0 Å². The van der Waals surface area contributed by atoms with E-state index < -0.39 is 0 Å². The van der Waals surface area contributed by atoms with Gasteiger partial charge >= 0.3 is 0 Å². The predicted octanol–water partition coefficient (Wildman–Crippen LogP) is 4.19. The summed E-state index contributed by atoms with van der Waals surface area (Å²) in [7, 11) is 1.89. The molecule has 1 N–H and O–H groups in total. The molecule has 0 aliphatic rings. The lowest BCUT2D eigenvalue weighted by atomic mass is 10.1. The minimum Gasteiger partial charge on any atom is -0.365 e. The van der Waals surface area contributed by atoms with Gasteiger partial charge in [0.2, 0.25) is 0 Å². The number of anilines is 1. The van der Waals surface area contributed by atoms with Gasteiger partial charge in [0.25, 0.3) is 0 Å². The van der Waals surface area contributed by atoms with E-state index in [2.05, 4.69) is 34.7 Å². The van der Waals surface area contributed by atoms with Crippen LogP contribution in [0, 0.1) is 6.92 Å². The lowest BCUT2D eigenvalue weighted by Crippen LogP contribution is -1.87. The molecule has 1 heterocycles. The Kier molecular flexibility index (Phi) is 4.99. The van der Waals surface area contributed by atoms with Gasteiger partial charge in [-0.2, -0.15) is 0 Å². The molecule has 1 aromatic carbocycles. The second kappa shape index (κ2) is 6.28. The minimum absolute atomic E-state index is 0.961. The number of benzene rings is 1. The van der Waals surface area contributed by atoms with E-state index in [1.165, 1.54) is 11.1 Å². The Morgan fingerprint density at radius 1 is 1.19 bits per heavy atom. The zero-order chi connectivity index (χ0) is 12.0. The van der Waals surface area contributed by atoms with Gasteiger partial charge in [0, 0.05) is 18.0 Å². The first-order chi connectivity index (χ1) is 7.81. The molecule has 0 radical (unpaired) electrons. The quantitative estimate of drug-likeness (QED) is 0.843. The zero-order valence-electron chi connectivity index (χ0n) is 10.2. The number of rotatable bonds is 2. The Bertz CT molecular complexity index is 435. The van der Waals surface area contributed by atoms with Crippen LogP contribution in [0.25, 0.3) is 11.3 Å². The van der Waals surface area contributed by atoms with Crippen LogP contribution in [0.4, 0.5) is 5.13 Å². The average molecular weight is 234 g/mol. The molecular formula is C13H18N2S. The monoisotopic (exact) mass is 234 g/mol. The Morgan fingerprint density at radius 3 is 2.44 bits per heavy atom. The number of hydrogen-bond acceptors (Lipinski definition) is 3. The van der Waals surface area contributed by atoms with Gasteiger partial charge in [-0.1, -0.05) is 38.1 Å². The van der Waals surface area contributed by atoms with E-state index in [9.17, 15) is 0 Å². The lowest BCUT2D eigenvalue weighted by molar-refractivity contribution is 1.34. The van der Waals surface area contributed by atoms with Gasteiger partial charge in [-0.15, -0.1) is 11.3 Å². The summed E-state index contributed by atoms with van der Waals surface area (Å²) in [6, 6.07) is 8.29. The Labute approximate surface area is 101 Å². The molecule has 86 valence electrons. The zero-order valence-corrected chi connectivity index (χ0v) is 11.1. The summed E-state index contributed by atoms with van der Waals surface area (Å²) >= 11 is 1.63. The maximum absolute atomic E-state index is 4.47. The van der Waals surface area contributed by atoms with Crippen molar-refractivity contribution in [2.45, 2.75) is 20.8 Å². The van der Waals surface area contributed by atoms with Gasteiger partial charge in [-0.25, -0.2) is 4.98 Å². The van der Waals surface area contributed by atoms with Crippen LogP contribution in [-0.4, -0.2) is 12.0 Å². The molecule has 0 unspecified atom stereocenters. The van der Waals surface area contributed by atoms with Crippen molar-refractivity contribution >= 4 is 16.5 Å². The van der Waals surface area contributed by atoms with Gasteiger partial charge in [0.15, 0.2) is 5.13 Å². The third-order valence-electron chi connectivity index (χ3n) is 2.14. The number of thiazole rings is 1. The minimum atomic E-state index is 0.961. The molecule has 2 nitrogen and oxygen atoms in total. The summed E-state index contributed by atoms with van der Waals surface area (Å²) in [6.45, 7) is 6.10. The first-order valence-electron chi connectivity index (χ1n) is 5.50. The molecule has 0 aliphatic carbocycles.